The highest BCUT2D eigenvalue weighted by Gasteiger charge is 2.08. The van der Waals surface area contributed by atoms with Crippen molar-refractivity contribution in [2.24, 2.45) is 4.99 Å². The summed E-state index contributed by atoms with van der Waals surface area (Å²) in [5.41, 5.74) is 1.19. The first-order chi connectivity index (χ1) is 14.3. The zero-order valence-corrected chi connectivity index (χ0v) is 16.9. The maximum Gasteiger partial charge on any atom is 0.216 e. The summed E-state index contributed by atoms with van der Waals surface area (Å²) in [6.07, 6.45) is 3.30. The Balaban J connectivity index is 1.30. The molecule has 1 unspecified atom stereocenters. The van der Waals surface area contributed by atoms with Gasteiger partial charge < -0.3 is 19.8 Å². The molecule has 1 atom stereocenters. The average molecular weight is 396 g/mol. The third-order valence-electron chi connectivity index (χ3n) is 4.40. The zero-order valence-electron chi connectivity index (χ0n) is 16.9. The average Bonchev–Trinajstić information content (AvgIpc) is 3.44. The molecule has 3 aromatic rings. The fraction of sp³-hybridized carbons (Fsp3) is 0.381. The molecule has 154 valence electrons. The summed E-state index contributed by atoms with van der Waals surface area (Å²) in [5, 5.41) is 13.7. The molecule has 0 radical (unpaired) electrons. The van der Waals surface area contributed by atoms with Gasteiger partial charge in [0.15, 0.2) is 11.7 Å². The van der Waals surface area contributed by atoms with Crippen LogP contribution in [0.3, 0.4) is 0 Å². The fourth-order valence-electron chi connectivity index (χ4n) is 2.80. The Morgan fingerprint density at radius 2 is 2.00 bits per heavy atom. The number of nitrogens with one attached hydrogen (secondary N) is 3. The number of benzene rings is 1. The molecule has 0 aliphatic carbocycles. The summed E-state index contributed by atoms with van der Waals surface area (Å²) < 4.78 is 11.2. The van der Waals surface area contributed by atoms with Gasteiger partial charge in [0.25, 0.3) is 0 Å². The molecule has 1 aromatic carbocycles. The van der Waals surface area contributed by atoms with Crippen molar-refractivity contribution in [2.45, 2.75) is 25.9 Å². The lowest BCUT2D eigenvalue weighted by Gasteiger charge is -2.14. The van der Waals surface area contributed by atoms with E-state index in [2.05, 4.69) is 49.9 Å². The molecule has 2 aromatic heterocycles. The smallest absolute Gasteiger partial charge is 0.216 e. The quantitative estimate of drug-likeness (QED) is 0.277. The molecule has 2 heterocycles. The second-order valence-corrected chi connectivity index (χ2v) is 6.54. The lowest BCUT2D eigenvalue weighted by atomic mass is 10.1. The van der Waals surface area contributed by atoms with Crippen LogP contribution in [0.4, 0.5) is 0 Å². The highest BCUT2D eigenvalue weighted by Crippen LogP contribution is 2.16. The van der Waals surface area contributed by atoms with Crippen LogP contribution in [-0.4, -0.2) is 47.9 Å². The second-order valence-electron chi connectivity index (χ2n) is 6.54. The van der Waals surface area contributed by atoms with Gasteiger partial charge in [-0.1, -0.05) is 30.3 Å². The number of aromatic nitrogens is 3. The van der Waals surface area contributed by atoms with Crippen LogP contribution in [0, 0.1) is 0 Å². The van der Waals surface area contributed by atoms with E-state index in [-0.39, 0.29) is 6.10 Å². The normalized spacial score (nSPS) is 12.7. The van der Waals surface area contributed by atoms with Crippen molar-refractivity contribution in [1.82, 2.24) is 25.8 Å². The summed E-state index contributed by atoms with van der Waals surface area (Å²) in [6, 6.07) is 13.9. The molecule has 0 fully saturated rings. The molecule has 8 heteroatoms. The minimum absolute atomic E-state index is 0.0987. The molecule has 0 saturated heterocycles. The van der Waals surface area contributed by atoms with Crippen LogP contribution in [-0.2, 0) is 11.2 Å². The van der Waals surface area contributed by atoms with E-state index in [1.165, 1.54) is 5.56 Å². The zero-order chi connectivity index (χ0) is 20.3. The Kier molecular flexibility index (Phi) is 7.82. The van der Waals surface area contributed by atoms with E-state index in [0.29, 0.717) is 31.2 Å². The Morgan fingerprint density at radius 3 is 2.76 bits per heavy atom. The Morgan fingerprint density at radius 1 is 1.17 bits per heavy atom. The molecular weight excluding hydrogens is 368 g/mol. The number of guanidine groups is 1. The predicted octanol–water partition coefficient (Wildman–Crippen LogP) is 2.94. The van der Waals surface area contributed by atoms with Crippen LogP contribution < -0.4 is 10.6 Å². The van der Waals surface area contributed by atoms with Crippen LogP contribution in [0.5, 0.6) is 0 Å². The van der Waals surface area contributed by atoms with Crippen LogP contribution in [0.1, 0.15) is 30.8 Å². The van der Waals surface area contributed by atoms with Gasteiger partial charge in [-0.3, -0.25) is 10.1 Å². The molecule has 0 aliphatic heterocycles. The summed E-state index contributed by atoms with van der Waals surface area (Å²) in [6.45, 7) is 4.23. The van der Waals surface area contributed by atoms with E-state index < -0.39 is 0 Å². The molecular formula is C21H28N6O2. The number of rotatable bonds is 10. The largest absolute Gasteiger partial charge is 0.461 e. The van der Waals surface area contributed by atoms with E-state index in [1.807, 2.05) is 30.3 Å². The minimum atomic E-state index is 0.0987. The predicted molar refractivity (Wildman–Crippen MR) is 113 cm³/mol. The first-order valence-corrected chi connectivity index (χ1v) is 9.82. The van der Waals surface area contributed by atoms with Crippen LogP contribution in [0.2, 0.25) is 0 Å². The second kappa shape index (κ2) is 11.0. The first-order valence-electron chi connectivity index (χ1n) is 9.82. The van der Waals surface area contributed by atoms with Crippen molar-refractivity contribution >= 4 is 5.96 Å². The minimum Gasteiger partial charge on any atom is -0.461 e. The van der Waals surface area contributed by atoms with Crippen molar-refractivity contribution in [2.75, 3.05) is 26.7 Å². The maximum absolute atomic E-state index is 5.89. The fourth-order valence-corrected chi connectivity index (χ4v) is 2.80. The van der Waals surface area contributed by atoms with E-state index in [0.717, 1.165) is 24.7 Å². The van der Waals surface area contributed by atoms with Crippen molar-refractivity contribution < 1.29 is 9.15 Å². The van der Waals surface area contributed by atoms with Gasteiger partial charge in [-0.05, 0) is 31.0 Å². The third kappa shape index (κ3) is 6.46. The number of nitrogens with zero attached hydrogens (tertiary/aromatic N) is 3. The number of aliphatic imine (C=N–C) groups is 1. The first kappa shape index (κ1) is 20.6. The summed E-state index contributed by atoms with van der Waals surface area (Å²) in [5.74, 6) is 2.77. The number of ether oxygens (including phenoxy) is 1. The molecule has 0 saturated carbocycles. The van der Waals surface area contributed by atoms with Gasteiger partial charge in [0.1, 0.15) is 5.82 Å². The Hall–Kier alpha value is -3.13. The van der Waals surface area contributed by atoms with Gasteiger partial charge in [-0.25, -0.2) is 4.98 Å². The number of hydrogen-bond donors (Lipinski definition) is 3. The molecule has 0 spiro atoms. The van der Waals surface area contributed by atoms with Gasteiger partial charge in [0.05, 0.1) is 12.4 Å². The Labute approximate surface area is 170 Å². The molecule has 3 rings (SSSR count). The lowest BCUT2D eigenvalue weighted by Crippen LogP contribution is -2.39. The van der Waals surface area contributed by atoms with Crippen molar-refractivity contribution in [3.05, 3.63) is 60.1 Å². The molecule has 0 bridgehead atoms. The highest BCUT2D eigenvalue weighted by molar-refractivity contribution is 5.79. The van der Waals surface area contributed by atoms with E-state index in [9.17, 15) is 0 Å². The number of aromatic amines is 1. The number of furan rings is 1. The van der Waals surface area contributed by atoms with Crippen molar-refractivity contribution in [1.29, 1.82) is 0 Å². The molecule has 8 nitrogen and oxygen atoms in total. The molecule has 29 heavy (non-hydrogen) atoms. The molecule has 0 aliphatic rings. The number of H-pyrrole nitrogens is 1. The summed E-state index contributed by atoms with van der Waals surface area (Å²) >= 11 is 0. The van der Waals surface area contributed by atoms with Crippen molar-refractivity contribution in [3.8, 4) is 11.6 Å². The lowest BCUT2D eigenvalue weighted by molar-refractivity contribution is 0.0646. The van der Waals surface area contributed by atoms with E-state index >= 15 is 0 Å². The highest BCUT2D eigenvalue weighted by atomic mass is 16.5. The molecule has 3 N–H and O–H groups in total. The molecule has 0 amide bonds. The van der Waals surface area contributed by atoms with E-state index in [1.54, 1.807) is 13.3 Å². The van der Waals surface area contributed by atoms with E-state index in [4.69, 9.17) is 9.15 Å². The van der Waals surface area contributed by atoms with Gasteiger partial charge in [-0.2, -0.15) is 5.10 Å². The summed E-state index contributed by atoms with van der Waals surface area (Å²) in [7, 11) is 1.76. The monoisotopic (exact) mass is 396 g/mol. The van der Waals surface area contributed by atoms with Crippen LogP contribution in [0.25, 0.3) is 11.6 Å². The third-order valence-corrected chi connectivity index (χ3v) is 4.40. The Bertz CT molecular complexity index is 860. The van der Waals surface area contributed by atoms with Crippen LogP contribution in [0.15, 0.2) is 58.1 Å². The van der Waals surface area contributed by atoms with Crippen molar-refractivity contribution in [3.63, 3.8) is 0 Å². The van der Waals surface area contributed by atoms with Gasteiger partial charge >= 0.3 is 0 Å². The SMILES string of the molecule is CN=C(NCCCOC(C)c1ccccc1)NCCc1nc(-c2ccco2)n[nH]1. The van der Waals surface area contributed by atoms with Gasteiger partial charge in [-0.15, -0.1) is 0 Å². The summed E-state index contributed by atoms with van der Waals surface area (Å²) in [4.78, 5) is 8.66. The van der Waals surface area contributed by atoms with Gasteiger partial charge in [0.2, 0.25) is 5.82 Å². The number of hydrogen-bond acceptors (Lipinski definition) is 5. The van der Waals surface area contributed by atoms with Crippen LogP contribution >= 0.6 is 0 Å². The van der Waals surface area contributed by atoms with Gasteiger partial charge in [0, 0.05) is 33.2 Å². The maximum atomic E-state index is 5.89. The topological polar surface area (TPSA) is 100 Å². The standard InChI is InChI=1S/C21H28N6O2/c1-16(17-8-4-3-5-9-17)28-15-7-12-23-21(22-2)24-13-11-19-25-20(27-26-19)18-10-6-14-29-18/h3-6,8-10,14,16H,7,11-13,15H2,1-2H3,(H2,22,23,24)(H,25,26,27).